The van der Waals surface area contributed by atoms with E-state index in [0.29, 0.717) is 39.3 Å². The number of aryl methyl sites for hydroxylation is 1. The van der Waals surface area contributed by atoms with Crippen LogP contribution in [-0.4, -0.2) is 47.0 Å². The average molecular weight is 557 g/mol. The highest BCUT2D eigenvalue weighted by Crippen LogP contribution is 2.52. The van der Waals surface area contributed by atoms with Crippen LogP contribution < -0.4 is 20.3 Å². The maximum atomic E-state index is 13.2. The Bertz CT molecular complexity index is 1360. The zero-order valence-corrected chi connectivity index (χ0v) is 23.7. The van der Waals surface area contributed by atoms with Crippen molar-refractivity contribution < 1.29 is 14.3 Å². The number of carbonyl (C=O) groups excluding carboxylic acids is 1. The van der Waals surface area contributed by atoms with Gasteiger partial charge in [0.05, 0.1) is 17.0 Å². The number of aromatic nitrogens is 1. The molecular formula is C28H33ClN4O4S. The SMILES string of the molecule is CSc1cc(C)[nH]c(=O)c1CNC(=O)c1cc(Cl)c2c(c1C)OC(C)([C@H]1CC[C@@H](N3CC(C#N)C3)CC1)O2. The minimum atomic E-state index is -0.858. The second-order valence-corrected chi connectivity index (χ2v) is 12.0. The number of thioether (sulfide) groups is 1. The summed E-state index contributed by atoms with van der Waals surface area (Å²) in [7, 11) is 0. The predicted molar refractivity (Wildman–Crippen MR) is 147 cm³/mol. The summed E-state index contributed by atoms with van der Waals surface area (Å²) in [6.07, 6.45) is 5.89. The largest absolute Gasteiger partial charge is 0.448 e. The molecule has 2 N–H and O–H groups in total. The van der Waals surface area contributed by atoms with Crippen molar-refractivity contribution in [2.45, 2.75) is 69.7 Å². The Labute approximate surface area is 232 Å². The summed E-state index contributed by atoms with van der Waals surface area (Å²) in [5, 5.41) is 12.3. The molecule has 1 amide bonds. The first-order chi connectivity index (χ1) is 18.1. The number of likely N-dealkylation sites (tertiary alicyclic amines) is 1. The first kappa shape index (κ1) is 26.9. The third kappa shape index (κ3) is 4.90. The molecule has 38 heavy (non-hydrogen) atoms. The molecule has 1 aromatic carbocycles. The summed E-state index contributed by atoms with van der Waals surface area (Å²) in [5.74, 6) is 0.147. The number of amides is 1. The normalized spacial score (nSPS) is 25.1. The predicted octanol–water partition coefficient (Wildman–Crippen LogP) is 4.80. The molecule has 2 aliphatic heterocycles. The van der Waals surface area contributed by atoms with Crippen molar-refractivity contribution in [3.63, 3.8) is 0 Å². The fourth-order valence-corrected chi connectivity index (χ4v) is 6.85. The standard InChI is InChI=1S/C28H33ClN4O4S/c1-15-9-23(38-4)21(27(35)32-15)12-31-26(34)20-10-22(29)25-24(16(20)2)36-28(3,37-25)18-5-7-19(8-6-18)33-13-17(11-30)14-33/h9-10,17-19H,5-8,12-14H2,1-4H3,(H,31,34)(H,32,35)/t18-,19+,28?. The van der Waals surface area contributed by atoms with Gasteiger partial charge < -0.3 is 19.8 Å². The first-order valence-electron chi connectivity index (χ1n) is 13.0. The molecule has 202 valence electrons. The van der Waals surface area contributed by atoms with Crippen LogP contribution in [0.4, 0.5) is 0 Å². The first-order valence-corrected chi connectivity index (χ1v) is 14.6. The molecule has 2 aromatic rings. The van der Waals surface area contributed by atoms with E-state index in [4.69, 9.17) is 26.3 Å². The zero-order chi connectivity index (χ0) is 27.2. The fourth-order valence-electron chi connectivity index (χ4n) is 5.91. The smallest absolute Gasteiger partial charge is 0.254 e. The molecule has 3 aliphatic rings. The molecular weight excluding hydrogens is 524 g/mol. The molecule has 5 rings (SSSR count). The minimum absolute atomic E-state index is 0.100. The summed E-state index contributed by atoms with van der Waals surface area (Å²) < 4.78 is 12.8. The molecule has 1 atom stereocenters. The highest BCUT2D eigenvalue weighted by molar-refractivity contribution is 7.98. The Morgan fingerprint density at radius 3 is 2.58 bits per heavy atom. The van der Waals surface area contributed by atoms with E-state index in [1.165, 1.54) is 11.8 Å². The van der Waals surface area contributed by atoms with Gasteiger partial charge in [-0.1, -0.05) is 11.6 Å². The fraction of sp³-hybridized carbons (Fsp3) is 0.536. The maximum absolute atomic E-state index is 13.2. The Hall–Kier alpha value is -2.67. The number of halogens is 1. The molecule has 0 radical (unpaired) electrons. The third-order valence-electron chi connectivity index (χ3n) is 8.22. The Morgan fingerprint density at radius 1 is 1.24 bits per heavy atom. The quantitative estimate of drug-likeness (QED) is 0.492. The molecule has 8 nitrogen and oxygen atoms in total. The van der Waals surface area contributed by atoms with Crippen LogP contribution in [0.2, 0.25) is 5.02 Å². The summed E-state index contributed by atoms with van der Waals surface area (Å²) >= 11 is 8.08. The van der Waals surface area contributed by atoms with Gasteiger partial charge >= 0.3 is 0 Å². The molecule has 0 spiro atoms. The van der Waals surface area contributed by atoms with Crippen LogP contribution in [0.5, 0.6) is 11.5 Å². The van der Waals surface area contributed by atoms with Gasteiger partial charge in [-0.25, -0.2) is 0 Å². The second kappa shape index (κ2) is 10.5. The van der Waals surface area contributed by atoms with Gasteiger partial charge in [-0.15, -0.1) is 11.8 Å². The number of hydrogen-bond donors (Lipinski definition) is 2. The second-order valence-electron chi connectivity index (χ2n) is 10.7. The van der Waals surface area contributed by atoms with E-state index < -0.39 is 5.79 Å². The van der Waals surface area contributed by atoms with Crippen molar-refractivity contribution in [1.29, 1.82) is 5.26 Å². The number of pyridine rings is 1. The van der Waals surface area contributed by atoms with Crippen molar-refractivity contribution in [3.8, 4) is 17.6 Å². The minimum Gasteiger partial charge on any atom is -0.448 e. The molecule has 3 heterocycles. The van der Waals surface area contributed by atoms with Crippen molar-refractivity contribution >= 4 is 29.3 Å². The van der Waals surface area contributed by atoms with Crippen molar-refractivity contribution in [3.05, 3.63) is 49.9 Å². The monoisotopic (exact) mass is 556 g/mol. The van der Waals surface area contributed by atoms with Crippen LogP contribution in [0.25, 0.3) is 0 Å². The maximum Gasteiger partial charge on any atom is 0.254 e. The summed E-state index contributed by atoms with van der Waals surface area (Å²) in [6.45, 7) is 7.46. The number of nitriles is 1. The van der Waals surface area contributed by atoms with E-state index >= 15 is 0 Å². The van der Waals surface area contributed by atoms with E-state index in [1.54, 1.807) is 6.07 Å². The van der Waals surface area contributed by atoms with E-state index in [0.717, 1.165) is 49.4 Å². The Balaban J connectivity index is 1.27. The molecule has 1 saturated heterocycles. The van der Waals surface area contributed by atoms with Crippen LogP contribution in [0, 0.1) is 37.0 Å². The number of H-pyrrole nitrogens is 1. The highest BCUT2D eigenvalue weighted by Gasteiger charge is 2.48. The third-order valence-corrected chi connectivity index (χ3v) is 9.30. The summed E-state index contributed by atoms with van der Waals surface area (Å²) in [4.78, 5) is 31.7. The number of fused-ring (bicyclic) bond motifs is 1. The number of hydrogen-bond acceptors (Lipinski definition) is 7. The Morgan fingerprint density at radius 2 is 1.92 bits per heavy atom. The van der Waals surface area contributed by atoms with E-state index in [-0.39, 0.29) is 29.8 Å². The lowest BCUT2D eigenvalue weighted by Gasteiger charge is -2.45. The molecule has 1 aromatic heterocycles. The van der Waals surface area contributed by atoms with Crippen LogP contribution in [0.1, 0.15) is 59.8 Å². The van der Waals surface area contributed by atoms with E-state index in [2.05, 4.69) is 21.3 Å². The van der Waals surface area contributed by atoms with Gasteiger partial charge in [0.2, 0.25) is 0 Å². The van der Waals surface area contributed by atoms with Crippen LogP contribution in [-0.2, 0) is 6.54 Å². The zero-order valence-electron chi connectivity index (χ0n) is 22.2. The highest BCUT2D eigenvalue weighted by atomic mass is 35.5. The molecule has 0 bridgehead atoms. The van der Waals surface area contributed by atoms with Gasteiger partial charge in [-0.05, 0) is 57.9 Å². The Kier molecular flexibility index (Phi) is 7.42. The lowest BCUT2D eigenvalue weighted by Crippen LogP contribution is -2.54. The number of carbonyl (C=O) groups is 1. The lowest BCUT2D eigenvalue weighted by atomic mass is 9.79. The molecule has 2 fully saturated rings. The van der Waals surface area contributed by atoms with Crippen LogP contribution in [0.3, 0.4) is 0 Å². The van der Waals surface area contributed by atoms with Crippen LogP contribution >= 0.6 is 23.4 Å². The van der Waals surface area contributed by atoms with Gasteiger partial charge in [0.15, 0.2) is 11.5 Å². The molecule has 1 aliphatic carbocycles. The van der Waals surface area contributed by atoms with Gasteiger partial charge in [0.1, 0.15) is 0 Å². The molecule has 1 unspecified atom stereocenters. The van der Waals surface area contributed by atoms with Crippen molar-refractivity contribution in [2.24, 2.45) is 11.8 Å². The van der Waals surface area contributed by atoms with E-state index in [9.17, 15) is 9.59 Å². The van der Waals surface area contributed by atoms with Gasteiger partial charge in [0.25, 0.3) is 17.3 Å². The number of nitrogens with zero attached hydrogens (tertiary/aromatic N) is 2. The number of ether oxygens (including phenoxy) is 2. The van der Waals surface area contributed by atoms with Gasteiger partial charge in [-0.2, -0.15) is 5.26 Å². The summed E-state index contributed by atoms with van der Waals surface area (Å²) in [6, 6.07) is 6.37. The number of nitrogens with one attached hydrogen (secondary N) is 2. The summed E-state index contributed by atoms with van der Waals surface area (Å²) in [5.41, 5.74) is 2.14. The van der Waals surface area contributed by atoms with Crippen molar-refractivity contribution in [2.75, 3.05) is 19.3 Å². The van der Waals surface area contributed by atoms with Crippen molar-refractivity contribution in [1.82, 2.24) is 15.2 Å². The number of benzene rings is 1. The number of aromatic amines is 1. The van der Waals surface area contributed by atoms with Gasteiger partial charge in [0, 0.05) is 65.8 Å². The van der Waals surface area contributed by atoms with E-state index in [1.807, 2.05) is 33.1 Å². The molecule has 1 saturated carbocycles. The van der Waals surface area contributed by atoms with Crippen LogP contribution in [0.15, 0.2) is 21.8 Å². The number of rotatable bonds is 6. The van der Waals surface area contributed by atoms with Gasteiger partial charge in [-0.3, -0.25) is 14.5 Å². The molecule has 10 heteroatoms. The lowest BCUT2D eigenvalue weighted by molar-refractivity contribution is -0.126. The average Bonchev–Trinajstić information content (AvgIpc) is 3.24. The topological polar surface area (TPSA) is 107 Å².